The average Bonchev–Trinajstić information content (AvgIpc) is 2.57. The van der Waals surface area contributed by atoms with Crippen molar-refractivity contribution in [1.29, 1.82) is 0 Å². The molecule has 0 atom stereocenters. The van der Waals surface area contributed by atoms with Crippen molar-refractivity contribution in [3.8, 4) is 0 Å². The van der Waals surface area contributed by atoms with E-state index in [2.05, 4.69) is 25.2 Å². The minimum atomic E-state index is -0.310. The summed E-state index contributed by atoms with van der Waals surface area (Å²) in [7, 11) is 0. The molecule has 0 unspecified atom stereocenters. The zero-order valence-corrected chi connectivity index (χ0v) is 10.7. The molecule has 2 nitrogen and oxygen atoms in total. The molecule has 0 radical (unpaired) electrons. The van der Waals surface area contributed by atoms with Crippen molar-refractivity contribution in [2.24, 2.45) is 0 Å². The number of nitrogens with two attached hydrogens (primary N) is 1. The molecule has 0 amide bonds. The fourth-order valence-corrected chi connectivity index (χ4v) is 2.59. The first-order valence-electron chi connectivity index (χ1n) is 5.41. The second-order valence-electron chi connectivity index (χ2n) is 4.04. The number of nitrogens with one attached hydrogen (secondary N) is 1. The van der Waals surface area contributed by atoms with Crippen LogP contribution in [0.25, 0.3) is 0 Å². The van der Waals surface area contributed by atoms with Crippen molar-refractivity contribution in [1.82, 2.24) is 0 Å². The van der Waals surface area contributed by atoms with Crippen LogP contribution in [-0.2, 0) is 6.54 Å². The topological polar surface area (TPSA) is 38.0 Å². The van der Waals surface area contributed by atoms with Gasteiger partial charge in [0.25, 0.3) is 0 Å². The standard InChI is InChI=1S/C13H15FN2S/c1-8-5-11(17-9(8)2)7-16-13-4-3-10(15)6-12(13)14/h3-6,16H,7,15H2,1-2H3. The molecule has 2 rings (SSSR count). The lowest BCUT2D eigenvalue weighted by atomic mass is 10.2. The average molecular weight is 250 g/mol. The Morgan fingerprint density at radius 3 is 2.65 bits per heavy atom. The Hall–Kier alpha value is -1.55. The molecule has 2 aromatic rings. The number of thiophene rings is 1. The lowest BCUT2D eigenvalue weighted by molar-refractivity contribution is 0.631. The number of hydrogen-bond acceptors (Lipinski definition) is 3. The van der Waals surface area contributed by atoms with E-state index in [9.17, 15) is 4.39 Å². The second kappa shape index (κ2) is 4.75. The van der Waals surface area contributed by atoms with Gasteiger partial charge in [0, 0.05) is 22.0 Å². The number of aryl methyl sites for hydroxylation is 2. The molecule has 1 aromatic heterocycles. The van der Waals surface area contributed by atoms with Gasteiger partial charge in [-0.3, -0.25) is 0 Å². The highest BCUT2D eigenvalue weighted by Crippen LogP contribution is 2.23. The molecule has 0 saturated heterocycles. The zero-order valence-electron chi connectivity index (χ0n) is 9.88. The summed E-state index contributed by atoms with van der Waals surface area (Å²) in [6.45, 7) is 4.81. The number of rotatable bonds is 3. The minimum absolute atomic E-state index is 0.310. The maximum atomic E-state index is 13.5. The van der Waals surface area contributed by atoms with Crippen LogP contribution in [0.5, 0.6) is 0 Å². The fourth-order valence-electron chi connectivity index (χ4n) is 1.59. The van der Waals surface area contributed by atoms with Crippen LogP contribution in [-0.4, -0.2) is 0 Å². The van der Waals surface area contributed by atoms with Crippen molar-refractivity contribution >= 4 is 22.7 Å². The zero-order chi connectivity index (χ0) is 12.4. The van der Waals surface area contributed by atoms with Gasteiger partial charge >= 0.3 is 0 Å². The molecule has 90 valence electrons. The van der Waals surface area contributed by atoms with Crippen LogP contribution in [0.4, 0.5) is 15.8 Å². The highest BCUT2D eigenvalue weighted by molar-refractivity contribution is 7.12. The van der Waals surface area contributed by atoms with Crippen LogP contribution in [0.2, 0.25) is 0 Å². The predicted octanol–water partition coefficient (Wildman–Crippen LogP) is 3.70. The van der Waals surface area contributed by atoms with Gasteiger partial charge in [0.1, 0.15) is 5.82 Å². The largest absolute Gasteiger partial charge is 0.399 e. The Morgan fingerprint density at radius 1 is 1.29 bits per heavy atom. The summed E-state index contributed by atoms with van der Waals surface area (Å²) in [5, 5.41) is 3.08. The molecule has 0 spiro atoms. The van der Waals surface area contributed by atoms with E-state index in [4.69, 9.17) is 5.73 Å². The normalized spacial score (nSPS) is 10.5. The molecule has 1 aromatic carbocycles. The molecule has 1 heterocycles. The monoisotopic (exact) mass is 250 g/mol. The summed E-state index contributed by atoms with van der Waals surface area (Å²) >= 11 is 1.73. The van der Waals surface area contributed by atoms with E-state index < -0.39 is 0 Å². The van der Waals surface area contributed by atoms with E-state index in [1.165, 1.54) is 21.4 Å². The molecular formula is C13H15FN2S. The first-order chi connectivity index (χ1) is 8.06. The number of halogens is 1. The van der Waals surface area contributed by atoms with E-state index in [1.807, 2.05) is 0 Å². The lowest BCUT2D eigenvalue weighted by Gasteiger charge is -2.06. The predicted molar refractivity (Wildman–Crippen MR) is 71.9 cm³/mol. The van der Waals surface area contributed by atoms with Crippen molar-refractivity contribution < 1.29 is 4.39 Å². The highest BCUT2D eigenvalue weighted by atomic mass is 32.1. The summed E-state index contributed by atoms with van der Waals surface area (Å²) in [4.78, 5) is 2.51. The molecule has 3 N–H and O–H groups in total. The third kappa shape index (κ3) is 2.77. The smallest absolute Gasteiger partial charge is 0.148 e. The van der Waals surface area contributed by atoms with Crippen LogP contribution in [0, 0.1) is 19.7 Å². The summed E-state index contributed by atoms with van der Waals surface area (Å²) in [5.74, 6) is -0.310. The van der Waals surface area contributed by atoms with E-state index >= 15 is 0 Å². The van der Waals surface area contributed by atoms with Crippen LogP contribution in [0.1, 0.15) is 15.3 Å². The first-order valence-corrected chi connectivity index (χ1v) is 6.22. The van der Waals surface area contributed by atoms with Gasteiger partial charge in [-0.05, 0) is 43.7 Å². The summed E-state index contributed by atoms with van der Waals surface area (Å²) in [6, 6.07) is 6.81. The molecule has 0 aliphatic heterocycles. The van der Waals surface area contributed by atoms with Gasteiger partial charge in [0.2, 0.25) is 0 Å². The molecule has 4 heteroatoms. The van der Waals surface area contributed by atoms with Crippen LogP contribution in [0.3, 0.4) is 0 Å². The Morgan fingerprint density at radius 2 is 2.06 bits per heavy atom. The second-order valence-corrected chi connectivity index (χ2v) is 5.39. The van der Waals surface area contributed by atoms with Gasteiger partial charge in [-0.1, -0.05) is 0 Å². The highest BCUT2D eigenvalue weighted by Gasteiger charge is 2.04. The Bertz CT molecular complexity index is 515. The number of hydrogen-bond donors (Lipinski definition) is 2. The van der Waals surface area contributed by atoms with Crippen LogP contribution in [0.15, 0.2) is 24.3 Å². The Balaban J connectivity index is 2.07. The Kier molecular flexibility index (Phi) is 3.33. The van der Waals surface area contributed by atoms with Crippen molar-refractivity contribution in [3.05, 3.63) is 45.4 Å². The maximum Gasteiger partial charge on any atom is 0.148 e. The van der Waals surface area contributed by atoms with Crippen molar-refractivity contribution in [2.45, 2.75) is 20.4 Å². The number of benzene rings is 1. The van der Waals surface area contributed by atoms with Gasteiger partial charge in [0.15, 0.2) is 0 Å². The summed E-state index contributed by atoms with van der Waals surface area (Å²) < 4.78 is 13.5. The molecule has 0 aliphatic carbocycles. The SMILES string of the molecule is Cc1cc(CNc2ccc(N)cc2F)sc1C. The third-order valence-electron chi connectivity index (χ3n) is 2.66. The number of anilines is 2. The van der Waals surface area contributed by atoms with Crippen LogP contribution >= 0.6 is 11.3 Å². The van der Waals surface area contributed by atoms with Gasteiger partial charge in [-0.15, -0.1) is 11.3 Å². The maximum absolute atomic E-state index is 13.5. The molecule has 0 bridgehead atoms. The fraction of sp³-hybridized carbons (Fsp3) is 0.231. The minimum Gasteiger partial charge on any atom is -0.399 e. The molecular weight excluding hydrogens is 235 g/mol. The van der Waals surface area contributed by atoms with Crippen LogP contribution < -0.4 is 11.1 Å². The quantitative estimate of drug-likeness (QED) is 0.815. The van der Waals surface area contributed by atoms with E-state index in [1.54, 1.807) is 23.5 Å². The van der Waals surface area contributed by atoms with Gasteiger partial charge < -0.3 is 11.1 Å². The van der Waals surface area contributed by atoms with E-state index in [0.717, 1.165) is 0 Å². The third-order valence-corrected chi connectivity index (χ3v) is 3.82. The molecule has 17 heavy (non-hydrogen) atoms. The molecule has 0 fully saturated rings. The van der Waals surface area contributed by atoms with Gasteiger partial charge in [-0.25, -0.2) is 4.39 Å². The van der Waals surface area contributed by atoms with Gasteiger partial charge in [-0.2, -0.15) is 0 Å². The van der Waals surface area contributed by atoms with Crippen molar-refractivity contribution in [3.63, 3.8) is 0 Å². The number of nitrogen functional groups attached to an aromatic ring is 1. The van der Waals surface area contributed by atoms with Crippen molar-refractivity contribution in [2.75, 3.05) is 11.1 Å². The lowest BCUT2D eigenvalue weighted by Crippen LogP contribution is -2.00. The first kappa shape index (κ1) is 11.9. The molecule has 0 saturated carbocycles. The van der Waals surface area contributed by atoms with Gasteiger partial charge in [0.05, 0.1) is 5.69 Å². The van der Waals surface area contributed by atoms with E-state index in [-0.39, 0.29) is 5.82 Å². The summed E-state index contributed by atoms with van der Waals surface area (Å²) in [5.41, 5.74) is 7.70. The Labute approximate surface area is 104 Å². The summed E-state index contributed by atoms with van der Waals surface area (Å²) in [6.07, 6.45) is 0. The molecule has 0 aliphatic rings. The van der Waals surface area contributed by atoms with E-state index in [0.29, 0.717) is 17.9 Å².